The summed E-state index contributed by atoms with van der Waals surface area (Å²) in [5.74, 6) is 0. The van der Waals surface area contributed by atoms with E-state index in [4.69, 9.17) is 11.0 Å². The van der Waals surface area contributed by atoms with Crippen molar-refractivity contribution in [2.24, 2.45) is 0 Å². The monoisotopic (exact) mass is 357 g/mol. The van der Waals surface area contributed by atoms with Crippen molar-refractivity contribution >= 4 is 48.7 Å². The molecule has 0 bridgehead atoms. The van der Waals surface area contributed by atoms with Gasteiger partial charge in [0.05, 0.1) is 11.3 Å². The number of halogens is 1. The lowest BCUT2D eigenvalue weighted by atomic mass is 10.2. The molecule has 0 atom stereocenters. The van der Waals surface area contributed by atoms with Crippen molar-refractivity contribution in [3.05, 3.63) is 39.7 Å². The van der Waals surface area contributed by atoms with Crippen molar-refractivity contribution in [2.75, 3.05) is 10.5 Å². The molecule has 2 rings (SSSR count). The zero-order chi connectivity index (χ0) is 14.0. The number of nitrogens with zero attached hydrogens (tertiary/aromatic N) is 1. The van der Waals surface area contributed by atoms with Crippen LogP contribution in [0.25, 0.3) is 0 Å². The highest BCUT2D eigenvalue weighted by molar-refractivity contribution is 9.10. The van der Waals surface area contributed by atoms with Gasteiger partial charge in [-0.05, 0) is 45.6 Å². The topological polar surface area (TPSA) is 96.0 Å². The largest absolute Gasteiger partial charge is 0.399 e. The van der Waals surface area contributed by atoms with Gasteiger partial charge < -0.3 is 5.73 Å². The molecule has 1 aromatic heterocycles. The van der Waals surface area contributed by atoms with Gasteiger partial charge in [-0.15, -0.1) is 11.3 Å². The second-order valence-electron chi connectivity index (χ2n) is 3.58. The van der Waals surface area contributed by atoms with Gasteiger partial charge in [0, 0.05) is 10.2 Å². The van der Waals surface area contributed by atoms with Crippen LogP contribution in [0.1, 0.15) is 5.56 Å². The fraction of sp³-hybridized carbons (Fsp3) is 0. The number of nitrogens with one attached hydrogen (secondary N) is 1. The van der Waals surface area contributed by atoms with E-state index in [-0.39, 0.29) is 15.5 Å². The van der Waals surface area contributed by atoms with Crippen molar-refractivity contribution in [1.29, 1.82) is 5.26 Å². The second-order valence-corrected chi connectivity index (χ2v) is 7.23. The predicted molar refractivity (Wildman–Crippen MR) is 78.4 cm³/mol. The van der Waals surface area contributed by atoms with Crippen molar-refractivity contribution in [1.82, 2.24) is 0 Å². The summed E-state index contributed by atoms with van der Waals surface area (Å²) in [5.41, 5.74) is 6.33. The Morgan fingerprint density at radius 2 is 2.11 bits per heavy atom. The van der Waals surface area contributed by atoms with E-state index in [0.717, 1.165) is 11.3 Å². The summed E-state index contributed by atoms with van der Waals surface area (Å²) in [6.45, 7) is 0. The van der Waals surface area contributed by atoms with Crippen LogP contribution in [0, 0.1) is 11.3 Å². The Morgan fingerprint density at radius 1 is 1.37 bits per heavy atom. The molecule has 0 spiro atoms. The predicted octanol–water partition coefficient (Wildman–Crippen LogP) is 2.77. The Hall–Kier alpha value is -1.56. The van der Waals surface area contributed by atoms with Crippen molar-refractivity contribution in [2.45, 2.75) is 4.21 Å². The van der Waals surface area contributed by atoms with Gasteiger partial charge in [-0.25, -0.2) is 8.42 Å². The fourth-order valence-corrected chi connectivity index (χ4v) is 4.82. The maximum atomic E-state index is 12.2. The molecule has 0 aliphatic heterocycles. The zero-order valence-corrected chi connectivity index (χ0v) is 12.6. The molecule has 8 heteroatoms. The molecule has 0 fully saturated rings. The van der Waals surface area contributed by atoms with E-state index < -0.39 is 10.0 Å². The number of nitrogens with two attached hydrogens (primary N) is 1. The summed E-state index contributed by atoms with van der Waals surface area (Å²) in [5, 5.41) is 10.6. The van der Waals surface area contributed by atoms with E-state index >= 15 is 0 Å². The van der Waals surface area contributed by atoms with Gasteiger partial charge in [0.1, 0.15) is 6.07 Å². The highest BCUT2D eigenvalue weighted by Crippen LogP contribution is 2.30. The first-order valence-electron chi connectivity index (χ1n) is 4.99. The SMILES string of the molecule is N#Cc1cc(N)ccc1NS(=O)(=O)c1sccc1Br. The molecule has 0 saturated carbocycles. The van der Waals surface area contributed by atoms with Crippen LogP contribution in [0.5, 0.6) is 0 Å². The number of nitriles is 1. The number of sulfonamides is 1. The Bertz CT molecular complexity index is 762. The first-order chi connectivity index (χ1) is 8.94. The number of thiophene rings is 1. The number of rotatable bonds is 3. The van der Waals surface area contributed by atoms with Crippen LogP contribution in [-0.4, -0.2) is 8.42 Å². The normalized spacial score (nSPS) is 10.9. The number of hydrogen-bond acceptors (Lipinski definition) is 5. The Morgan fingerprint density at radius 3 is 2.68 bits per heavy atom. The van der Waals surface area contributed by atoms with Crippen molar-refractivity contribution < 1.29 is 8.42 Å². The lowest BCUT2D eigenvalue weighted by Gasteiger charge is -2.09. The molecule has 0 saturated heterocycles. The average molecular weight is 358 g/mol. The molecule has 2 aromatic rings. The average Bonchev–Trinajstić information content (AvgIpc) is 2.78. The summed E-state index contributed by atoms with van der Waals surface area (Å²) in [6.07, 6.45) is 0. The maximum absolute atomic E-state index is 12.2. The number of hydrogen-bond donors (Lipinski definition) is 2. The molecule has 0 radical (unpaired) electrons. The third-order valence-corrected chi connectivity index (χ3v) is 6.27. The molecule has 0 amide bonds. The third kappa shape index (κ3) is 2.89. The zero-order valence-electron chi connectivity index (χ0n) is 9.42. The van der Waals surface area contributed by atoms with E-state index in [9.17, 15) is 8.42 Å². The van der Waals surface area contributed by atoms with Crippen LogP contribution in [-0.2, 0) is 10.0 Å². The highest BCUT2D eigenvalue weighted by atomic mass is 79.9. The van der Waals surface area contributed by atoms with E-state index in [2.05, 4.69) is 20.7 Å². The Balaban J connectivity index is 2.42. The molecule has 1 aromatic carbocycles. The Labute approximate surface area is 122 Å². The molecule has 0 unspecified atom stereocenters. The van der Waals surface area contributed by atoms with E-state index in [1.54, 1.807) is 11.4 Å². The maximum Gasteiger partial charge on any atom is 0.272 e. The van der Waals surface area contributed by atoms with Gasteiger partial charge in [-0.2, -0.15) is 5.26 Å². The van der Waals surface area contributed by atoms with Gasteiger partial charge in [0.2, 0.25) is 0 Å². The molecular weight excluding hydrogens is 350 g/mol. The summed E-state index contributed by atoms with van der Waals surface area (Å²) in [6, 6.07) is 7.96. The molecule has 5 nitrogen and oxygen atoms in total. The third-order valence-electron chi connectivity index (χ3n) is 2.24. The van der Waals surface area contributed by atoms with Gasteiger partial charge in [0.15, 0.2) is 4.21 Å². The number of nitrogen functional groups attached to an aromatic ring is 1. The Kier molecular flexibility index (Phi) is 3.80. The first-order valence-corrected chi connectivity index (χ1v) is 8.15. The first kappa shape index (κ1) is 13.9. The quantitative estimate of drug-likeness (QED) is 0.825. The molecule has 0 aliphatic rings. The van der Waals surface area contributed by atoms with E-state index in [0.29, 0.717) is 10.2 Å². The van der Waals surface area contributed by atoms with Gasteiger partial charge in [-0.1, -0.05) is 0 Å². The smallest absolute Gasteiger partial charge is 0.272 e. The molecular formula is C11H8BrN3O2S2. The number of anilines is 2. The molecule has 1 heterocycles. The van der Waals surface area contributed by atoms with Crippen LogP contribution in [0.3, 0.4) is 0 Å². The lowest BCUT2D eigenvalue weighted by Crippen LogP contribution is -2.13. The van der Waals surface area contributed by atoms with Crippen molar-refractivity contribution in [3.63, 3.8) is 0 Å². The van der Waals surface area contributed by atoms with Crippen LogP contribution in [0.4, 0.5) is 11.4 Å². The minimum atomic E-state index is -3.72. The molecule has 19 heavy (non-hydrogen) atoms. The molecule has 0 aliphatic carbocycles. The minimum Gasteiger partial charge on any atom is -0.399 e. The van der Waals surface area contributed by atoms with E-state index in [1.807, 2.05) is 6.07 Å². The van der Waals surface area contributed by atoms with E-state index in [1.165, 1.54) is 18.2 Å². The molecule has 98 valence electrons. The van der Waals surface area contributed by atoms with Gasteiger partial charge in [0.25, 0.3) is 10.0 Å². The van der Waals surface area contributed by atoms with Crippen LogP contribution in [0.2, 0.25) is 0 Å². The molecule has 3 N–H and O–H groups in total. The minimum absolute atomic E-state index is 0.160. The van der Waals surface area contributed by atoms with Crippen LogP contribution >= 0.6 is 27.3 Å². The summed E-state index contributed by atoms with van der Waals surface area (Å²) < 4.78 is 27.4. The van der Waals surface area contributed by atoms with Gasteiger partial charge in [-0.3, -0.25) is 4.72 Å². The summed E-state index contributed by atoms with van der Waals surface area (Å²) in [4.78, 5) is 0. The fourth-order valence-electron chi connectivity index (χ4n) is 1.41. The highest BCUT2D eigenvalue weighted by Gasteiger charge is 2.20. The second kappa shape index (κ2) is 5.21. The van der Waals surface area contributed by atoms with Gasteiger partial charge >= 0.3 is 0 Å². The van der Waals surface area contributed by atoms with Crippen molar-refractivity contribution in [3.8, 4) is 6.07 Å². The number of benzene rings is 1. The standard InChI is InChI=1S/C11H8BrN3O2S2/c12-9-3-4-18-11(9)19(16,17)15-10-2-1-8(14)5-7(10)6-13/h1-5,15H,14H2. The van der Waals surface area contributed by atoms with Crippen LogP contribution < -0.4 is 10.5 Å². The van der Waals surface area contributed by atoms with Crippen LogP contribution in [0.15, 0.2) is 38.3 Å². The summed E-state index contributed by atoms with van der Waals surface area (Å²) >= 11 is 4.26. The summed E-state index contributed by atoms with van der Waals surface area (Å²) in [7, 11) is -3.72. The lowest BCUT2D eigenvalue weighted by molar-refractivity contribution is 0.603.